The molecular weight excluding hydrogens is 342 g/mol. The van der Waals surface area contributed by atoms with Crippen LogP contribution in [0.5, 0.6) is 0 Å². The van der Waals surface area contributed by atoms with Crippen molar-refractivity contribution < 1.29 is 4.79 Å². The first kappa shape index (κ1) is 19.1. The molecule has 27 heavy (non-hydrogen) atoms. The van der Waals surface area contributed by atoms with Crippen LogP contribution in [-0.2, 0) is 11.8 Å². The summed E-state index contributed by atoms with van der Waals surface area (Å²) < 4.78 is 1.54. The Kier molecular flexibility index (Phi) is 5.91. The summed E-state index contributed by atoms with van der Waals surface area (Å²) in [6.45, 7) is 1.44. The molecule has 0 aliphatic carbocycles. The van der Waals surface area contributed by atoms with E-state index in [0.29, 0.717) is 12.4 Å². The average molecular weight is 369 g/mol. The number of anilines is 1. The van der Waals surface area contributed by atoms with Gasteiger partial charge in [0, 0.05) is 52.7 Å². The van der Waals surface area contributed by atoms with E-state index < -0.39 is 6.04 Å². The fourth-order valence-corrected chi connectivity index (χ4v) is 3.46. The summed E-state index contributed by atoms with van der Waals surface area (Å²) in [6.07, 6.45) is 5.20. The van der Waals surface area contributed by atoms with E-state index in [2.05, 4.69) is 10.3 Å². The number of benzene rings is 1. The Morgan fingerprint density at radius 3 is 2.74 bits per heavy atom. The van der Waals surface area contributed by atoms with Gasteiger partial charge in [-0.15, -0.1) is 0 Å². The van der Waals surface area contributed by atoms with Gasteiger partial charge in [0.2, 0.25) is 5.91 Å². The SMILES string of the molecule is CN(C)C(=O)[C@H](N[C@H]1CCCN(c2nccn(C)c2=O)C1)c1ccccc1. The van der Waals surface area contributed by atoms with E-state index >= 15 is 0 Å². The van der Waals surface area contributed by atoms with Gasteiger partial charge in [-0.1, -0.05) is 30.3 Å². The van der Waals surface area contributed by atoms with E-state index in [4.69, 9.17) is 0 Å². The van der Waals surface area contributed by atoms with Crippen LogP contribution in [-0.4, -0.2) is 53.6 Å². The van der Waals surface area contributed by atoms with Crippen molar-refractivity contribution >= 4 is 11.7 Å². The summed E-state index contributed by atoms with van der Waals surface area (Å²) >= 11 is 0. The maximum atomic E-state index is 12.8. The van der Waals surface area contributed by atoms with E-state index in [-0.39, 0.29) is 17.5 Å². The van der Waals surface area contributed by atoms with E-state index in [1.165, 1.54) is 0 Å². The Morgan fingerprint density at radius 1 is 1.30 bits per heavy atom. The molecule has 1 aromatic carbocycles. The van der Waals surface area contributed by atoms with Crippen LogP contribution < -0.4 is 15.8 Å². The van der Waals surface area contributed by atoms with Crippen LogP contribution in [0, 0.1) is 0 Å². The van der Waals surface area contributed by atoms with Crippen LogP contribution in [0.4, 0.5) is 5.82 Å². The fraction of sp³-hybridized carbons (Fsp3) is 0.450. The van der Waals surface area contributed by atoms with Crippen molar-refractivity contribution in [3.8, 4) is 0 Å². The van der Waals surface area contributed by atoms with Gasteiger partial charge in [-0.2, -0.15) is 0 Å². The van der Waals surface area contributed by atoms with Crippen molar-refractivity contribution in [1.82, 2.24) is 19.8 Å². The molecule has 2 heterocycles. The Morgan fingerprint density at radius 2 is 2.04 bits per heavy atom. The van der Waals surface area contributed by atoms with Crippen LogP contribution in [0.3, 0.4) is 0 Å². The lowest BCUT2D eigenvalue weighted by atomic mass is 10.0. The largest absolute Gasteiger partial charge is 0.350 e. The van der Waals surface area contributed by atoms with Crippen molar-refractivity contribution in [3.05, 3.63) is 58.6 Å². The normalized spacial score (nSPS) is 18.2. The third kappa shape index (κ3) is 4.36. The van der Waals surface area contributed by atoms with Gasteiger partial charge in [0.25, 0.3) is 5.56 Å². The minimum Gasteiger partial charge on any atom is -0.350 e. The average Bonchev–Trinajstić information content (AvgIpc) is 2.68. The molecule has 144 valence electrons. The molecule has 1 aliphatic rings. The molecule has 1 N–H and O–H groups in total. The first-order chi connectivity index (χ1) is 13.0. The minimum absolute atomic E-state index is 0.0204. The number of nitrogens with zero attached hydrogens (tertiary/aromatic N) is 4. The summed E-state index contributed by atoms with van der Waals surface area (Å²) in [5.41, 5.74) is 0.851. The Hall–Kier alpha value is -2.67. The maximum Gasteiger partial charge on any atom is 0.293 e. The lowest BCUT2D eigenvalue weighted by Gasteiger charge is -2.36. The monoisotopic (exact) mass is 369 g/mol. The topological polar surface area (TPSA) is 70.5 Å². The molecule has 1 fully saturated rings. The lowest BCUT2D eigenvalue weighted by Crippen LogP contribution is -2.51. The summed E-state index contributed by atoms with van der Waals surface area (Å²) in [5, 5.41) is 3.52. The Bertz CT molecular complexity index is 834. The van der Waals surface area contributed by atoms with E-state index in [9.17, 15) is 9.59 Å². The number of aryl methyl sites for hydroxylation is 1. The van der Waals surface area contributed by atoms with Gasteiger partial charge >= 0.3 is 0 Å². The number of amides is 1. The van der Waals surface area contributed by atoms with Crippen LogP contribution in [0.1, 0.15) is 24.4 Å². The van der Waals surface area contributed by atoms with Gasteiger partial charge < -0.3 is 14.4 Å². The van der Waals surface area contributed by atoms with Crippen LogP contribution >= 0.6 is 0 Å². The number of carbonyl (C=O) groups excluding carboxylic acids is 1. The minimum atomic E-state index is -0.405. The second kappa shape index (κ2) is 8.35. The first-order valence-corrected chi connectivity index (χ1v) is 9.26. The third-order valence-corrected chi connectivity index (χ3v) is 4.94. The zero-order valence-electron chi connectivity index (χ0n) is 16.1. The zero-order valence-corrected chi connectivity index (χ0v) is 16.1. The van der Waals surface area contributed by atoms with Gasteiger partial charge in [-0.25, -0.2) is 4.98 Å². The van der Waals surface area contributed by atoms with E-state index in [0.717, 1.165) is 24.9 Å². The second-order valence-corrected chi connectivity index (χ2v) is 7.20. The highest BCUT2D eigenvalue weighted by molar-refractivity contribution is 5.82. The number of nitrogens with one attached hydrogen (secondary N) is 1. The summed E-state index contributed by atoms with van der Waals surface area (Å²) in [5.74, 6) is 0.494. The smallest absolute Gasteiger partial charge is 0.293 e. The number of hydrogen-bond donors (Lipinski definition) is 1. The predicted molar refractivity (Wildman–Crippen MR) is 106 cm³/mol. The lowest BCUT2D eigenvalue weighted by molar-refractivity contribution is -0.131. The second-order valence-electron chi connectivity index (χ2n) is 7.20. The number of aromatic nitrogens is 2. The van der Waals surface area contributed by atoms with Gasteiger partial charge in [0.1, 0.15) is 6.04 Å². The highest BCUT2D eigenvalue weighted by Gasteiger charge is 2.29. The number of carbonyl (C=O) groups is 1. The molecule has 1 aliphatic heterocycles. The van der Waals surface area contributed by atoms with Crippen molar-refractivity contribution in [3.63, 3.8) is 0 Å². The molecule has 1 amide bonds. The molecule has 0 spiro atoms. The van der Waals surface area contributed by atoms with Crippen LogP contribution in [0.2, 0.25) is 0 Å². The third-order valence-electron chi connectivity index (χ3n) is 4.94. The molecule has 2 atom stereocenters. The summed E-state index contributed by atoms with van der Waals surface area (Å²) in [6, 6.07) is 9.45. The number of piperidine rings is 1. The molecule has 0 unspecified atom stereocenters. The first-order valence-electron chi connectivity index (χ1n) is 9.26. The standard InChI is InChI=1S/C20H27N5O2/c1-23(2)19(26)17(15-8-5-4-6-9-15)22-16-10-7-12-25(14-16)18-20(27)24(3)13-11-21-18/h4-6,8-9,11,13,16-17,22H,7,10,12,14H2,1-3H3/t16-,17+/m0/s1. The van der Waals surface area contributed by atoms with Crippen molar-refractivity contribution in [2.75, 3.05) is 32.1 Å². The Labute approximate surface area is 159 Å². The number of hydrogen-bond acceptors (Lipinski definition) is 5. The quantitative estimate of drug-likeness (QED) is 0.857. The predicted octanol–water partition coefficient (Wildman–Crippen LogP) is 1.17. The highest BCUT2D eigenvalue weighted by Crippen LogP contribution is 2.20. The van der Waals surface area contributed by atoms with Crippen LogP contribution in [0.25, 0.3) is 0 Å². The Balaban J connectivity index is 1.79. The number of likely N-dealkylation sites (N-methyl/N-ethyl adjacent to an activating group) is 1. The summed E-state index contributed by atoms with van der Waals surface area (Å²) in [7, 11) is 5.27. The van der Waals surface area contributed by atoms with Gasteiger partial charge in [0.05, 0.1) is 0 Å². The molecule has 2 aromatic rings. The molecule has 7 nitrogen and oxygen atoms in total. The van der Waals surface area contributed by atoms with Gasteiger partial charge in [-0.05, 0) is 18.4 Å². The molecular formula is C20H27N5O2. The van der Waals surface area contributed by atoms with Crippen molar-refractivity contribution in [2.24, 2.45) is 7.05 Å². The zero-order chi connectivity index (χ0) is 19.4. The molecule has 0 saturated carbocycles. The van der Waals surface area contributed by atoms with Gasteiger partial charge in [-0.3, -0.25) is 14.9 Å². The highest BCUT2D eigenvalue weighted by atomic mass is 16.2. The molecule has 0 bridgehead atoms. The van der Waals surface area contributed by atoms with Crippen molar-refractivity contribution in [2.45, 2.75) is 24.9 Å². The number of rotatable bonds is 5. The van der Waals surface area contributed by atoms with E-state index in [1.807, 2.05) is 35.2 Å². The maximum absolute atomic E-state index is 12.8. The molecule has 7 heteroatoms. The summed E-state index contributed by atoms with van der Waals surface area (Å²) in [4.78, 5) is 33.1. The van der Waals surface area contributed by atoms with Gasteiger partial charge in [0.15, 0.2) is 5.82 Å². The molecule has 0 radical (unpaired) electrons. The van der Waals surface area contributed by atoms with Crippen molar-refractivity contribution in [1.29, 1.82) is 0 Å². The molecule has 1 saturated heterocycles. The molecule has 3 rings (SSSR count). The van der Waals surface area contributed by atoms with Crippen LogP contribution in [0.15, 0.2) is 47.5 Å². The van der Waals surface area contributed by atoms with E-state index in [1.54, 1.807) is 43.0 Å². The fourth-order valence-electron chi connectivity index (χ4n) is 3.46. The molecule has 1 aromatic heterocycles.